The standard InChI is InChI=1S/C16H12ClF3N2O2/c17-6-10-7-22(15(24)16(18,19)20)12-4-2-8-5-9(14(21)23)1-3-11(8)13(10)12/h1-5,10H,6-7H2,(H2,21,23). The lowest BCUT2D eigenvalue weighted by Gasteiger charge is -2.19. The van der Waals surface area contributed by atoms with Gasteiger partial charge >= 0.3 is 12.1 Å². The number of anilines is 1. The molecule has 2 N–H and O–H groups in total. The number of hydrogen-bond donors (Lipinski definition) is 1. The van der Waals surface area contributed by atoms with Gasteiger partial charge in [0.05, 0.1) is 0 Å². The van der Waals surface area contributed by atoms with Crippen LogP contribution in [0.4, 0.5) is 18.9 Å². The van der Waals surface area contributed by atoms with E-state index >= 15 is 0 Å². The Bertz CT molecular complexity index is 851. The van der Waals surface area contributed by atoms with Gasteiger partial charge in [-0.1, -0.05) is 12.1 Å². The number of benzene rings is 2. The third kappa shape index (κ3) is 2.58. The molecule has 8 heteroatoms. The van der Waals surface area contributed by atoms with E-state index in [0.717, 1.165) is 0 Å². The molecule has 1 unspecified atom stereocenters. The van der Waals surface area contributed by atoms with E-state index in [1.54, 1.807) is 18.2 Å². The molecule has 0 radical (unpaired) electrons. The molecule has 0 aliphatic carbocycles. The lowest BCUT2D eigenvalue weighted by atomic mass is 9.95. The summed E-state index contributed by atoms with van der Waals surface area (Å²) in [5.41, 5.74) is 6.32. The Hall–Kier alpha value is -2.28. The van der Waals surface area contributed by atoms with Crippen LogP contribution in [0.2, 0.25) is 0 Å². The van der Waals surface area contributed by atoms with Crippen LogP contribution in [0.5, 0.6) is 0 Å². The van der Waals surface area contributed by atoms with Crippen LogP contribution in [0.1, 0.15) is 21.8 Å². The second-order valence-electron chi connectivity index (χ2n) is 5.56. The highest BCUT2D eigenvalue weighted by molar-refractivity contribution is 6.19. The molecule has 1 aliphatic rings. The van der Waals surface area contributed by atoms with E-state index in [1.807, 2.05) is 0 Å². The number of carbonyl (C=O) groups excluding carboxylic acids is 2. The number of hydrogen-bond acceptors (Lipinski definition) is 2. The average Bonchev–Trinajstić information content (AvgIpc) is 2.91. The van der Waals surface area contributed by atoms with Crippen LogP contribution < -0.4 is 10.6 Å². The molecule has 0 saturated heterocycles. The van der Waals surface area contributed by atoms with E-state index in [4.69, 9.17) is 17.3 Å². The van der Waals surface area contributed by atoms with Gasteiger partial charge < -0.3 is 10.6 Å². The Labute approximate surface area is 140 Å². The summed E-state index contributed by atoms with van der Waals surface area (Å²) in [5.74, 6) is -2.86. The van der Waals surface area contributed by atoms with Crippen LogP contribution in [0.25, 0.3) is 10.8 Å². The van der Waals surface area contributed by atoms with Crippen molar-refractivity contribution in [3.63, 3.8) is 0 Å². The molecule has 2 aromatic carbocycles. The summed E-state index contributed by atoms with van der Waals surface area (Å²) in [6, 6.07) is 7.70. The van der Waals surface area contributed by atoms with Gasteiger partial charge in [0.15, 0.2) is 0 Å². The third-order valence-corrected chi connectivity index (χ3v) is 4.47. The number of nitrogens with zero attached hydrogens (tertiary/aromatic N) is 1. The minimum atomic E-state index is -4.96. The van der Waals surface area contributed by atoms with Crippen molar-refractivity contribution in [2.75, 3.05) is 17.3 Å². The number of fused-ring (bicyclic) bond motifs is 3. The van der Waals surface area contributed by atoms with Gasteiger partial charge in [-0.3, -0.25) is 9.59 Å². The number of carbonyl (C=O) groups is 2. The molecule has 2 amide bonds. The Balaban J connectivity index is 2.18. The fourth-order valence-corrected chi connectivity index (χ4v) is 3.29. The molecule has 1 heterocycles. The first-order valence-electron chi connectivity index (χ1n) is 7.05. The molecule has 0 aromatic heterocycles. The van der Waals surface area contributed by atoms with E-state index in [1.165, 1.54) is 12.1 Å². The number of alkyl halides is 4. The molecule has 24 heavy (non-hydrogen) atoms. The number of nitrogens with two attached hydrogens (primary N) is 1. The van der Waals surface area contributed by atoms with E-state index < -0.39 is 23.9 Å². The van der Waals surface area contributed by atoms with Crippen LogP contribution in [0.3, 0.4) is 0 Å². The first-order chi connectivity index (χ1) is 11.2. The molecule has 126 valence electrons. The predicted molar refractivity (Wildman–Crippen MR) is 84.3 cm³/mol. The Kier molecular flexibility index (Phi) is 3.91. The van der Waals surface area contributed by atoms with Crippen LogP contribution >= 0.6 is 11.6 Å². The maximum absolute atomic E-state index is 12.8. The molecule has 0 saturated carbocycles. The largest absolute Gasteiger partial charge is 0.471 e. The maximum Gasteiger partial charge on any atom is 0.471 e. The number of halogens is 4. The van der Waals surface area contributed by atoms with Gasteiger partial charge in [0.1, 0.15) is 0 Å². The van der Waals surface area contributed by atoms with Crippen molar-refractivity contribution in [1.82, 2.24) is 0 Å². The zero-order chi connectivity index (χ0) is 17.6. The molecule has 0 bridgehead atoms. The molecule has 3 rings (SSSR count). The normalized spacial score (nSPS) is 17.2. The Morgan fingerprint density at radius 1 is 1.25 bits per heavy atom. The zero-order valence-electron chi connectivity index (χ0n) is 12.2. The summed E-state index contributed by atoms with van der Waals surface area (Å²) < 4.78 is 38.4. The number of primary amides is 1. The van der Waals surface area contributed by atoms with Crippen molar-refractivity contribution in [3.8, 4) is 0 Å². The van der Waals surface area contributed by atoms with E-state index in [9.17, 15) is 22.8 Å². The number of rotatable bonds is 2. The number of amides is 2. The highest BCUT2D eigenvalue weighted by atomic mass is 35.5. The van der Waals surface area contributed by atoms with Gasteiger partial charge in [0, 0.05) is 29.6 Å². The molecule has 2 aromatic rings. The van der Waals surface area contributed by atoms with Crippen LogP contribution in [0, 0.1) is 0 Å². The fourth-order valence-electron chi connectivity index (χ4n) is 3.04. The summed E-state index contributed by atoms with van der Waals surface area (Å²) in [6.07, 6.45) is -4.96. The van der Waals surface area contributed by atoms with E-state index in [-0.39, 0.29) is 18.1 Å². The summed E-state index contributed by atoms with van der Waals surface area (Å²) in [5, 5.41) is 1.31. The average molecular weight is 357 g/mol. The summed E-state index contributed by atoms with van der Waals surface area (Å²) in [7, 11) is 0. The molecular weight excluding hydrogens is 345 g/mol. The lowest BCUT2D eigenvalue weighted by Crippen LogP contribution is -2.40. The van der Waals surface area contributed by atoms with Crippen LogP contribution in [-0.4, -0.2) is 30.4 Å². The van der Waals surface area contributed by atoms with Gasteiger partial charge in [0.2, 0.25) is 5.91 Å². The van der Waals surface area contributed by atoms with Crippen molar-refractivity contribution in [1.29, 1.82) is 0 Å². The van der Waals surface area contributed by atoms with Crippen molar-refractivity contribution < 1.29 is 22.8 Å². The highest BCUT2D eigenvalue weighted by Crippen LogP contribution is 2.43. The minimum Gasteiger partial charge on any atom is -0.366 e. The van der Waals surface area contributed by atoms with Crippen molar-refractivity contribution in [2.24, 2.45) is 5.73 Å². The monoisotopic (exact) mass is 356 g/mol. The topological polar surface area (TPSA) is 63.4 Å². The molecule has 0 fully saturated rings. The van der Waals surface area contributed by atoms with Crippen LogP contribution in [0.15, 0.2) is 30.3 Å². The summed E-state index contributed by atoms with van der Waals surface area (Å²) in [6.45, 7) is -0.131. The minimum absolute atomic E-state index is 0.0747. The first kappa shape index (κ1) is 16.6. The first-order valence-corrected chi connectivity index (χ1v) is 7.58. The van der Waals surface area contributed by atoms with Crippen molar-refractivity contribution in [2.45, 2.75) is 12.1 Å². The quantitative estimate of drug-likeness (QED) is 0.840. The molecule has 4 nitrogen and oxygen atoms in total. The molecule has 0 spiro atoms. The maximum atomic E-state index is 12.8. The van der Waals surface area contributed by atoms with E-state index in [0.29, 0.717) is 26.8 Å². The van der Waals surface area contributed by atoms with Gasteiger partial charge in [-0.05, 0) is 34.5 Å². The zero-order valence-corrected chi connectivity index (χ0v) is 13.0. The van der Waals surface area contributed by atoms with E-state index in [2.05, 4.69) is 0 Å². The lowest BCUT2D eigenvalue weighted by molar-refractivity contribution is -0.170. The van der Waals surface area contributed by atoms with Gasteiger partial charge in [-0.25, -0.2) is 0 Å². The molecular formula is C16H12ClF3N2O2. The summed E-state index contributed by atoms with van der Waals surface area (Å²) >= 11 is 5.91. The molecule has 1 aliphatic heterocycles. The van der Waals surface area contributed by atoms with Crippen LogP contribution in [-0.2, 0) is 4.79 Å². The second-order valence-corrected chi connectivity index (χ2v) is 5.87. The van der Waals surface area contributed by atoms with Gasteiger partial charge in [0.25, 0.3) is 0 Å². The second kappa shape index (κ2) is 5.66. The molecule has 1 atom stereocenters. The summed E-state index contributed by atoms with van der Waals surface area (Å²) in [4.78, 5) is 23.7. The smallest absolute Gasteiger partial charge is 0.366 e. The fraction of sp³-hybridized carbons (Fsp3) is 0.250. The SMILES string of the molecule is NC(=O)c1ccc2c3c(ccc2c1)N(C(=O)C(F)(F)F)CC3CCl. The highest BCUT2D eigenvalue weighted by Gasteiger charge is 2.46. The van der Waals surface area contributed by atoms with Gasteiger partial charge in [-0.15, -0.1) is 11.6 Å². The van der Waals surface area contributed by atoms with Crippen molar-refractivity contribution in [3.05, 3.63) is 41.5 Å². The Morgan fingerprint density at radius 2 is 1.96 bits per heavy atom. The van der Waals surface area contributed by atoms with Crippen molar-refractivity contribution >= 4 is 39.9 Å². The third-order valence-electron chi connectivity index (χ3n) is 4.10. The Morgan fingerprint density at radius 3 is 2.54 bits per heavy atom. The van der Waals surface area contributed by atoms with Gasteiger partial charge in [-0.2, -0.15) is 13.2 Å². The predicted octanol–water partition coefficient (Wildman–Crippen LogP) is 3.17.